The maximum absolute atomic E-state index is 12.1. The van der Waals surface area contributed by atoms with Gasteiger partial charge in [-0.2, -0.15) is 0 Å². The maximum Gasteiger partial charge on any atom is 0.170 e. The van der Waals surface area contributed by atoms with E-state index in [0.717, 1.165) is 37.8 Å². The molecule has 0 bridgehead atoms. The molecule has 0 saturated carbocycles. The fourth-order valence-electron chi connectivity index (χ4n) is 4.41. The summed E-state index contributed by atoms with van der Waals surface area (Å²) in [5.74, 6) is 1.72. The average molecular weight is 604 g/mol. The van der Waals surface area contributed by atoms with Crippen LogP contribution in [-0.4, -0.2) is 5.78 Å². The van der Waals surface area contributed by atoms with E-state index in [4.69, 9.17) is 9.47 Å². The lowest BCUT2D eigenvalue weighted by Gasteiger charge is -2.28. The van der Waals surface area contributed by atoms with Crippen LogP contribution in [0, 0.1) is 0 Å². The average Bonchev–Trinajstić information content (AvgIpc) is 2.91. The van der Waals surface area contributed by atoms with Crippen LogP contribution in [0.2, 0.25) is 0 Å². The van der Waals surface area contributed by atoms with E-state index in [1.165, 1.54) is 5.56 Å². The second kappa shape index (κ2) is 10.9. The summed E-state index contributed by atoms with van der Waals surface area (Å²) < 4.78 is 13.9. The summed E-state index contributed by atoms with van der Waals surface area (Å²) in [7, 11) is 0. The number of ketones is 1. The Hall–Kier alpha value is -3.15. The maximum atomic E-state index is 12.1. The molecule has 5 heteroatoms. The van der Waals surface area contributed by atoms with E-state index in [9.17, 15) is 4.79 Å². The predicted octanol–water partition coefficient (Wildman–Crippen LogP) is 9.14. The standard InChI is InChI=1S/C16H13BrO.C15H11BrO2/c1-11-9-16(12-5-3-2-4-6-12)18-15-8-7-13(17)10-14(11)15;16-11-6-7-14-12(8-11)13(17)9-15(18-14)10-4-2-1-3-5-10/h2-8,10,16H,1,9H2;1-8,15H,9H2. The summed E-state index contributed by atoms with van der Waals surface area (Å²) in [5.41, 5.74) is 5.14. The quantitative estimate of drug-likeness (QED) is 0.229. The Labute approximate surface area is 228 Å². The van der Waals surface area contributed by atoms with Gasteiger partial charge >= 0.3 is 0 Å². The summed E-state index contributed by atoms with van der Waals surface area (Å²) >= 11 is 6.85. The number of hydrogen-bond donors (Lipinski definition) is 0. The van der Waals surface area contributed by atoms with Gasteiger partial charge < -0.3 is 9.47 Å². The summed E-state index contributed by atoms with van der Waals surface area (Å²) in [6.07, 6.45) is 1.14. The molecule has 2 aliphatic heterocycles. The first-order valence-corrected chi connectivity index (χ1v) is 13.3. The zero-order valence-electron chi connectivity index (χ0n) is 19.5. The molecular weight excluding hydrogens is 580 g/mol. The van der Waals surface area contributed by atoms with Gasteiger partial charge in [-0.25, -0.2) is 0 Å². The summed E-state index contributed by atoms with van der Waals surface area (Å²) in [4.78, 5) is 12.1. The third kappa shape index (κ3) is 5.48. The molecule has 0 N–H and O–H groups in total. The lowest BCUT2D eigenvalue weighted by atomic mass is 9.94. The molecule has 2 unspecified atom stereocenters. The third-order valence-electron chi connectivity index (χ3n) is 6.25. The number of rotatable bonds is 2. The Morgan fingerprint density at radius 2 is 1.11 bits per heavy atom. The van der Waals surface area contributed by atoms with E-state index in [2.05, 4.69) is 56.6 Å². The molecule has 36 heavy (non-hydrogen) atoms. The molecule has 0 amide bonds. The van der Waals surface area contributed by atoms with Crippen molar-refractivity contribution in [1.82, 2.24) is 0 Å². The minimum atomic E-state index is -0.174. The Bertz CT molecular complexity index is 1290. The van der Waals surface area contributed by atoms with Crippen molar-refractivity contribution in [3.8, 4) is 11.5 Å². The summed E-state index contributed by atoms with van der Waals surface area (Å²) in [6.45, 7) is 4.17. The molecule has 0 saturated heterocycles. The molecule has 4 aromatic rings. The first-order chi connectivity index (χ1) is 17.5. The minimum absolute atomic E-state index is 0.0763. The normalized spacial score (nSPS) is 18.1. The SMILES string of the molecule is C=C1CC(c2ccccc2)Oc2ccc(Br)cc21.O=C1CC(c2ccccc2)Oc2ccc(Br)cc21. The molecule has 2 aliphatic rings. The van der Waals surface area contributed by atoms with Crippen LogP contribution in [0.1, 0.15) is 52.1 Å². The number of ether oxygens (including phenoxy) is 2. The number of halogens is 2. The minimum Gasteiger partial charge on any atom is -0.485 e. The van der Waals surface area contributed by atoms with Gasteiger partial charge in [-0.05, 0) is 53.1 Å². The van der Waals surface area contributed by atoms with Crippen molar-refractivity contribution in [3.63, 3.8) is 0 Å². The molecule has 4 aromatic carbocycles. The second-order valence-corrected chi connectivity index (χ2v) is 10.6. The topological polar surface area (TPSA) is 35.5 Å². The van der Waals surface area contributed by atoms with E-state index < -0.39 is 0 Å². The first-order valence-electron chi connectivity index (χ1n) is 11.7. The number of hydrogen-bond acceptors (Lipinski definition) is 3. The molecule has 0 aliphatic carbocycles. The van der Waals surface area contributed by atoms with Gasteiger partial charge in [-0.1, -0.05) is 99.1 Å². The van der Waals surface area contributed by atoms with Crippen LogP contribution in [0.25, 0.3) is 5.57 Å². The largest absolute Gasteiger partial charge is 0.485 e. The van der Waals surface area contributed by atoms with E-state index >= 15 is 0 Å². The molecule has 0 spiro atoms. The van der Waals surface area contributed by atoms with E-state index in [1.54, 1.807) is 0 Å². The predicted molar refractivity (Wildman–Crippen MR) is 151 cm³/mol. The Morgan fingerprint density at radius 3 is 1.67 bits per heavy atom. The number of benzene rings is 4. The van der Waals surface area contributed by atoms with Gasteiger partial charge in [0.1, 0.15) is 23.7 Å². The van der Waals surface area contributed by atoms with Crippen molar-refractivity contribution < 1.29 is 14.3 Å². The van der Waals surface area contributed by atoms with Crippen molar-refractivity contribution in [2.45, 2.75) is 25.0 Å². The Balaban J connectivity index is 0.000000148. The smallest absolute Gasteiger partial charge is 0.170 e. The number of Topliss-reactive ketones (excluding diaryl/α,β-unsaturated/α-hetero) is 1. The summed E-state index contributed by atoms with van der Waals surface area (Å²) in [6, 6.07) is 31.8. The molecule has 2 atom stereocenters. The van der Waals surface area contributed by atoms with Gasteiger partial charge in [0.05, 0.1) is 12.0 Å². The third-order valence-corrected chi connectivity index (χ3v) is 7.23. The molecule has 0 aromatic heterocycles. The second-order valence-electron chi connectivity index (χ2n) is 8.75. The lowest BCUT2D eigenvalue weighted by molar-refractivity contribution is 0.0850. The van der Waals surface area contributed by atoms with Gasteiger partial charge in [-0.3, -0.25) is 4.79 Å². The van der Waals surface area contributed by atoms with E-state index in [-0.39, 0.29) is 18.0 Å². The first kappa shape index (κ1) is 24.5. The van der Waals surface area contributed by atoms with Gasteiger partial charge in [0.15, 0.2) is 5.78 Å². The molecule has 0 radical (unpaired) electrons. The molecule has 180 valence electrons. The zero-order valence-corrected chi connectivity index (χ0v) is 22.7. The van der Waals surface area contributed by atoms with Crippen molar-refractivity contribution in [3.05, 3.63) is 135 Å². The van der Waals surface area contributed by atoms with Crippen molar-refractivity contribution >= 4 is 43.2 Å². The van der Waals surface area contributed by atoms with Gasteiger partial charge in [0.2, 0.25) is 0 Å². The Morgan fingerprint density at radius 1 is 0.639 bits per heavy atom. The van der Waals surface area contributed by atoms with Crippen LogP contribution in [0.15, 0.2) is 113 Å². The number of carbonyl (C=O) groups is 1. The van der Waals surface area contributed by atoms with Crippen molar-refractivity contribution in [1.29, 1.82) is 0 Å². The van der Waals surface area contributed by atoms with Crippen LogP contribution in [0.3, 0.4) is 0 Å². The highest BCUT2D eigenvalue weighted by atomic mass is 79.9. The molecular formula is C31H24Br2O3. The van der Waals surface area contributed by atoms with Crippen molar-refractivity contribution in [2.75, 3.05) is 0 Å². The van der Waals surface area contributed by atoms with Gasteiger partial charge in [-0.15, -0.1) is 0 Å². The van der Waals surface area contributed by atoms with E-state index in [0.29, 0.717) is 17.7 Å². The van der Waals surface area contributed by atoms with Crippen LogP contribution in [-0.2, 0) is 0 Å². The van der Waals surface area contributed by atoms with Crippen molar-refractivity contribution in [2.24, 2.45) is 0 Å². The molecule has 2 heterocycles. The van der Waals surface area contributed by atoms with E-state index in [1.807, 2.05) is 78.9 Å². The summed E-state index contributed by atoms with van der Waals surface area (Å²) in [5, 5.41) is 0. The Kier molecular flexibility index (Phi) is 7.40. The fourth-order valence-corrected chi connectivity index (χ4v) is 5.14. The van der Waals surface area contributed by atoms with Crippen LogP contribution in [0.5, 0.6) is 11.5 Å². The highest BCUT2D eigenvalue weighted by molar-refractivity contribution is 9.10. The fraction of sp³-hybridized carbons (Fsp3) is 0.129. The zero-order chi connectivity index (χ0) is 25.1. The highest BCUT2D eigenvalue weighted by Gasteiger charge is 2.27. The highest BCUT2D eigenvalue weighted by Crippen LogP contribution is 2.41. The van der Waals surface area contributed by atoms with Gasteiger partial charge in [0, 0.05) is 20.9 Å². The molecule has 6 rings (SSSR count). The van der Waals surface area contributed by atoms with Crippen LogP contribution in [0.4, 0.5) is 0 Å². The van der Waals surface area contributed by atoms with Gasteiger partial charge in [0.25, 0.3) is 0 Å². The number of fused-ring (bicyclic) bond motifs is 2. The number of carbonyl (C=O) groups excluding carboxylic acids is 1. The molecule has 0 fully saturated rings. The molecule has 3 nitrogen and oxygen atoms in total. The lowest BCUT2D eigenvalue weighted by Crippen LogP contribution is -2.20. The van der Waals surface area contributed by atoms with Crippen LogP contribution < -0.4 is 9.47 Å². The monoisotopic (exact) mass is 602 g/mol. The van der Waals surface area contributed by atoms with Crippen LogP contribution >= 0.6 is 31.9 Å².